The molecule has 0 bridgehead atoms. The lowest BCUT2D eigenvalue weighted by molar-refractivity contribution is 0.808. The summed E-state index contributed by atoms with van der Waals surface area (Å²) >= 11 is 1.85. The van der Waals surface area contributed by atoms with E-state index in [1.165, 1.54) is 10.6 Å². The lowest BCUT2D eigenvalue weighted by Gasteiger charge is -2.06. The van der Waals surface area contributed by atoms with Crippen molar-refractivity contribution in [2.45, 2.75) is 31.7 Å². The first kappa shape index (κ1) is 8.05. The number of rotatable bonds is 0. The molecular formula is C9H12N2S. The van der Waals surface area contributed by atoms with Crippen molar-refractivity contribution in [3.63, 3.8) is 0 Å². The minimum Gasteiger partial charge on any atom is -0.238 e. The van der Waals surface area contributed by atoms with Gasteiger partial charge in [0.1, 0.15) is 10.9 Å². The molecule has 0 saturated carbocycles. The van der Waals surface area contributed by atoms with Crippen LogP contribution in [0.25, 0.3) is 0 Å². The zero-order valence-corrected chi connectivity index (χ0v) is 8.40. The van der Waals surface area contributed by atoms with E-state index in [1.54, 1.807) is 0 Å². The fraction of sp³-hybridized carbons (Fsp3) is 0.556. The molecule has 2 rings (SSSR count). The Morgan fingerprint density at radius 3 is 2.83 bits per heavy atom. The molecule has 0 saturated heterocycles. The molecule has 1 aliphatic rings. The smallest absolute Gasteiger partial charge is 0.126 e. The molecule has 2 heterocycles. The lowest BCUT2D eigenvalue weighted by Crippen LogP contribution is -2.00. The maximum absolute atomic E-state index is 4.42. The number of aryl methyl sites for hydroxylation is 2. The predicted octanol–water partition coefficient (Wildman–Crippen LogP) is 2.30. The van der Waals surface area contributed by atoms with Crippen LogP contribution in [-0.2, 0) is 0 Å². The first-order chi connectivity index (χ1) is 5.68. The third-order valence-electron chi connectivity index (χ3n) is 2.18. The lowest BCUT2D eigenvalue weighted by atomic mass is 10.0. The zero-order valence-electron chi connectivity index (χ0n) is 7.59. The van der Waals surface area contributed by atoms with Gasteiger partial charge in [-0.25, -0.2) is 9.97 Å². The fourth-order valence-electron chi connectivity index (χ4n) is 1.65. The van der Waals surface area contributed by atoms with E-state index in [0.29, 0.717) is 5.92 Å². The van der Waals surface area contributed by atoms with Crippen molar-refractivity contribution in [1.82, 2.24) is 9.97 Å². The van der Waals surface area contributed by atoms with E-state index in [9.17, 15) is 0 Å². The predicted molar refractivity (Wildman–Crippen MR) is 50.6 cm³/mol. The summed E-state index contributed by atoms with van der Waals surface area (Å²) in [4.78, 5) is 8.79. The van der Waals surface area contributed by atoms with Crippen LogP contribution in [0.3, 0.4) is 0 Å². The van der Waals surface area contributed by atoms with E-state index < -0.39 is 0 Å². The van der Waals surface area contributed by atoms with Gasteiger partial charge in [-0.2, -0.15) is 0 Å². The van der Waals surface area contributed by atoms with Crippen molar-refractivity contribution in [2.24, 2.45) is 0 Å². The molecule has 0 amide bonds. The molecule has 0 radical (unpaired) electrons. The van der Waals surface area contributed by atoms with Gasteiger partial charge in [0, 0.05) is 17.0 Å². The average Bonchev–Trinajstić information content (AvgIpc) is 2.31. The topological polar surface area (TPSA) is 25.8 Å². The molecule has 0 aliphatic carbocycles. The molecule has 1 aromatic heterocycles. The van der Waals surface area contributed by atoms with Gasteiger partial charge in [0.25, 0.3) is 0 Å². The quantitative estimate of drug-likeness (QED) is 0.573. The summed E-state index contributed by atoms with van der Waals surface area (Å²) in [6, 6.07) is 0. The first-order valence-electron chi connectivity index (χ1n) is 4.16. The molecule has 1 aliphatic heterocycles. The average molecular weight is 180 g/mol. The third-order valence-corrected chi connectivity index (χ3v) is 3.43. The van der Waals surface area contributed by atoms with Crippen molar-refractivity contribution >= 4 is 11.8 Å². The number of nitrogens with zero attached hydrogens (tertiary/aromatic N) is 2. The van der Waals surface area contributed by atoms with Gasteiger partial charge in [0.2, 0.25) is 0 Å². The van der Waals surface area contributed by atoms with Gasteiger partial charge >= 0.3 is 0 Å². The van der Waals surface area contributed by atoms with Crippen LogP contribution in [0.1, 0.15) is 29.9 Å². The Hall–Kier alpha value is -0.570. The van der Waals surface area contributed by atoms with Crippen molar-refractivity contribution in [2.75, 3.05) is 5.75 Å². The van der Waals surface area contributed by atoms with Gasteiger partial charge in [-0.15, -0.1) is 11.8 Å². The van der Waals surface area contributed by atoms with Crippen LogP contribution in [0.5, 0.6) is 0 Å². The number of hydrogen-bond donors (Lipinski definition) is 0. The molecule has 64 valence electrons. The number of aromatic nitrogens is 2. The number of thioether (sulfide) groups is 1. The molecule has 12 heavy (non-hydrogen) atoms. The first-order valence-corrected chi connectivity index (χ1v) is 5.15. The largest absolute Gasteiger partial charge is 0.238 e. The molecule has 0 fully saturated rings. The Morgan fingerprint density at radius 2 is 2.08 bits per heavy atom. The van der Waals surface area contributed by atoms with E-state index in [0.717, 1.165) is 17.3 Å². The Bertz CT molecular complexity index is 323. The Kier molecular flexibility index (Phi) is 1.83. The van der Waals surface area contributed by atoms with Gasteiger partial charge in [-0.1, -0.05) is 6.92 Å². The Labute approximate surface area is 76.8 Å². The van der Waals surface area contributed by atoms with Crippen molar-refractivity contribution in [3.8, 4) is 0 Å². The highest BCUT2D eigenvalue weighted by molar-refractivity contribution is 7.99. The second-order valence-electron chi connectivity index (χ2n) is 3.29. The van der Waals surface area contributed by atoms with Gasteiger partial charge in [0.05, 0.1) is 0 Å². The Morgan fingerprint density at radius 1 is 1.33 bits per heavy atom. The monoisotopic (exact) mass is 180 g/mol. The van der Waals surface area contributed by atoms with Crippen LogP contribution in [0, 0.1) is 13.8 Å². The van der Waals surface area contributed by atoms with Crippen LogP contribution in [-0.4, -0.2) is 15.7 Å². The van der Waals surface area contributed by atoms with E-state index in [-0.39, 0.29) is 0 Å². The van der Waals surface area contributed by atoms with E-state index in [4.69, 9.17) is 0 Å². The fourth-order valence-corrected chi connectivity index (χ4v) is 2.93. The van der Waals surface area contributed by atoms with Crippen LogP contribution in [0.2, 0.25) is 0 Å². The molecule has 1 unspecified atom stereocenters. The highest BCUT2D eigenvalue weighted by Gasteiger charge is 2.23. The van der Waals surface area contributed by atoms with Gasteiger partial charge in [-0.05, 0) is 19.8 Å². The summed E-state index contributed by atoms with van der Waals surface area (Å²) in [6.07, 6.45) is 0. The van der Waals surface area contributed by atoms with Gasteiger partial charge in [-0.3, -0.25) is 0 Å². The molecule has 1 atom stereocenters. The summed E-state index contributed by atoms with van der Waals surface area (Å²) in [5, 5.41) is 1.20. The summed E-state index contributed by atoms with van der Waals surface area (Å²) < 4.78 is 0. The summed E-state index contributed by atoms with van der Waals surface area (Å²) in [6.45, 7) is 6.28. The minimum atomic E-state index is 0.630. The van der Waals surface area contributed by atoms with E-state index in [2.05, 4.69) is 23.8 Å². The van der Waals surface area contributed by atoms with Crippen LogP contribution in [0.4, 0.5) is 0 Å². The minimum absolute atomic E-state index is 0.630. The zero-order chi connectivity index (χ0) is 8.72. The standard InChI is InChI=1S/C9H12N2S/c1-5-4-12-9-8(5)6(2)10-7(3)11-9/h5H,4H2,1-3H3. The maximum Gasteiger partial charge on any atom is 0.126 e. The van der Waals surface area contributed by atoms with Crippen molar-refractivity contribution in [3.05, 3.63) is 17.1 Å². The van der Waals surface area contributed by atoms with Gasteiger partial charge < -0.3 is 0 Å². The second-order valence-corrected chi connectivity index (χ2v) is 4.30. The van der Waals surface area contributed by atoms with Crippen molar-refractivity contribution < 1.29 is 0 Å². The van der Waals surface area contributed by atoms with Crippen LogP contribution in [0.15, 0.2) is 5.03 Å². The normalized spacial score (nSPS) is 21.1. The molecule has 3 heteroatoms. The molecule has 1 aromatic rings. The molecule has 0 N–H and O–H groups in total. The van der Waals surface area contributed by atoms with E-state index in [1.807, 2.05) is 18.7 Å². The maximum atomic E-state index is 4.42. The summed E-state index contributed by atoms with van der Waals surface area (Å²) in [5.74, 6) is 2.69. The summed E-state index contributed by atoms with van der Waals surface area (Å²) in [5.41, 5.74) is 2.53. The van der Waals surface area contributed by atoms with Gasteiger partial charge in [0.15, 0.2) is 0 Å². The molecular weight excluding hydrogens is 168 g/mol. The SMILES string of the molecule is Cc1nc(C)c2c(n1)SCC2C. The van der Waals surface area contributed by atoms with E-state index >= 15 is 0 Å². The Balaban J connectivity index is 2.60. The highest BCUT2D eigenvalue weighted by atomic mass is 32.2. The third kappa shape index (κ3) is 1.12. The molecule has 0 spiro atoms. The molecule has 0 aromatic carbocycles. The molecule has 2 nitrogen and oxygen atoms in total. The highest BCUT2D eigenvalue weighted by Crippen LogP contribution is 2.38. The number of fused-ring (bicyclic) bond motifs is 1. The second kappa shape index (κ2) is 2.73. The summed E-state index contributed by atoms with van der Waals surface area (Å²) in [7, 11) is 0. The van der Waals surface area contributed by atoms with Crippen LogP contribution < -0.4 is 0 Å². The number of hydrogen-bond acceptors (Lipinski definition) is 3. The van der Waals surface area contributed by atoms with Crippen LogP contribution >= 0.6 is 11.8 Å². The van der Waals surface area contributed by atoms with Crippen molar-refractivity contribution in [1.29, 1.82) is 0 Å².